The van der Waals surface area contributed by atoms with Crippen LogP contribution in [0.5, 0.6) is 0 Å². The topological polar surface area (TPSA) is 58.8 Å². The van der Waals surface area contributed by atoms with Crippen molar-refractivity contribution in [3.05, 3.63) is 0 Å². The lowest BCUT2D eigenvalue weighted by Gasteiger charge is -2.24. The normalized spacial score (nSPS) is 26.5. The fraction of sp³-hybridized carbons (Fsp3) is 0.933. The van der Waals surface area contributed by atoms with Crippen LogP contribution in [0.4, 0.5) is 0 Å². The molecule has 0 saturated carbocycles. The van der Waals surface area contributed by atoms with Crippen molar-refractivity contribution in [3.8, 4) is 0 Å². The number of carbonyl (C=O) groups excluding carboxylic acids is 1. The lowest BCUT2D eigenvalue weighted by Crippen LogP contribution is -2.38. The molecule has 2 heterocycles. The van der Waals surface area contributed by atoms with Crippen LogP contribution in [0.2, 0.25) is 0 Å². The maximum absolute atomic E-state index is 12.3. The lowest BCUT2D eigenvalue weighted by atomic mass is 10.1. The highest BCUT2D eigenvalue weighted by Crippen LogP contribution is 2.17. The van der Waals surface area contributed by atoms with Gasteiger partial charge in [0.2, 0.25) is 5.91 Å². The Hall–Kier alpha value is -0.650. The smallest absolute Gasteiger partial charge is 0.225 e. The molecule has 0 radical (unpaired) electrons. The molecular formula is C15H29N3O2. The van der Waals surface area contributed by atoms with Gasteiger partial charge in [0.05, 0.1) is 12.5 Å². The summed E-state index contributed by atoms with van der Waals surface area (Å²) in [4.78, 5) is 16.8. The molecule has 5 heteroatoms. The van der Waals surface area contributed by atoms with Crippen molar-refractivity contribution < 1.29 is 9.53 Å². The number of ether oxygens (including phenoxy) is 1. The molecular weight excluding hydrogens is 254 g/mol. The molecule has 5 nitrogen and oxygen atoms in total. The molecule has 20 heavy (non-hydrogen) atoms. The van der Waals surface area contributed by atoms with Crippen LogP contribution in [-0.4, -0.2) is 67.7 Å². The van der Waals surface area contributed by atoms with Gasteiger partial charge in [-0.25, -0.2) is 0 Å². The molecule has 0 spiro atoms. The summed E-state index contributed by atoms with van der Waals surface area (Å²) in [7, 11) is 0. The Morgan fingerprint density at radius 3 is 2.85 bits per heavy atom. The summed E-state index contributed by atoms with van der Waals surface area (Å²) in [6.07, 6.45) is 3.94. The zero-order valence-corrected chi connectivity index (χ0v) is 12.7. The van der Waals surface area contributed by atoms with Gasteiger partial charge in [0.25, 0.3) is 0 Å². The summed E-state index contributed by atoms with van der Waals surface area (Å²) >= 11 is 0. The molecule has 2 N–H and O–H groups in total. The van der Waals surface area contributed by atoms with E-state index in [4.69, 9.17) is 10.5 Å². The maximum atomic E-state index is 12.3. The van der Waals surface area contributed by atoms with E-state index in [9.17, 15) is 4.79 Å². The van der Waals surface area contributed by atoms with E-state index in [-0.39, 0.29) is 12.0 Å². The van der Waals surface area contributed by atoms with Crippen LogP contribution in [0.25, 0.3) is 0 Å². The number of rotatable bonds is 5. The summed E-state index contributed by atoms with van der Waals surface area (Å²) in [5, 5.41) is 0. The van der Waals surface area contributed by atoms with Gasteiger partial charge in [-0.1, -0.05) is 6.92 Å². The van der Waals surface area contributed by atoms with Gasteiger partial charge in [-0.05, 0) is 38.3 Å². The number of amides is 1. The van der Waals surface area contributed by atoms with E-state index in [1.165, 1.54) is 0 Å². The average molecular weight is 283 g/mol. The zero-order chi connectivity index (χ0) is 14.4. The molecule has 0 aromatic heterocycles. The Morgan fingerprint density at radius 1 is 1.30 bits per heavy atom. The van der Waals surface area contributed by atoms with Gasteiger partial charge >= 0.3 is 0 Å². The summed E-state index contributed by atoms with van der Waals surface area (Å²) in [5.41, 5.74) is 5.69. The standard InChI is InChI=1S/C15H29N3O2/c1-13(11-16)12-17-5-3-6-18(8-7-17)15(19)10-14-4-2-9-20-14/h13-14H,2-12,16H2,1H3. The molecule has 2 rings (SSSR count). The van der Waals surface area contributed by atoms with Gasteiger partial charge in [-0.2, -0.15) is 0 Å². The fourth-order valence-electron chi connectivity index (χ4n) is 3.05. The second-order valence-corrected chi connectivity index (χ2v) is 6.21. The van der Waals surface area contributed by atoms with Gasteiger partial charge in [0.15, 0.2) is 0 Å². The van der Waals surface area contributed by atoms with Gasteiger partial charge in [0, 0.05) is 32.8 Å². The number of carbonyl (C=O) groups is 1. The first kappa shape index (κ1) is 15.7. The van der Waals surface area contributed by atoms with Crippen LogP contribution in [0.3, 0.4) is 0 Å². The van der Waals surface area contributed by atoms with Crippen molar-refractivity contribution in [3.63, 3.8) is 0 Å². The molecule has 2 aliphatic heterocycles. The first-order valence-electron chi connectivity index (χ1n) is 8.01. The molecule has 2 unspecified atom stereocenters. The highest BCUT2D eigenvalue weighted by molar-refractivity contribution is 5.76. The number of nitrogens with two attached hydrogens (primary N) is 1. The highest BCUT2D eigenvalue weighted by Gasteiger charge is 2.24. The molecule has 2 fully saturated rings. The minimum atomic E-state index is 0.166. The molecule has 2 saturated heterocycles. The number of hydrogen-bond donors (Lipinski definition) is 1. The average Bonchev–Trinajstić information content (AvgIpc) is 2.83. The number of hydrogen-bond acceptors (Lipinski definition) is 4. The minimum absolute atomic E-state index is 0.166. The van der Waals surface area contributed by atoms with E-state index in [0.717, 1.165) is 65.1 Å². The fourth-order valence-corrected chi connectivity index (χ4v) is 3.05. The molecule has 0 aliphatic carbocycles. The van der Waals surface area contributed by atoms with Crippen LogP contribution in [0.1, 0.15) is 32.6 Å². The lowest BCUT2D eigenvalue weighted by molar-refractivity contribution is -0.133. The quantitative estimate of drug-likeness (QED) is 0.806. The van der Waals surface area contributed by atoms with Gasteiger partial charge in [-0.15, -0.1) is 0 Å². The van der Waals surface area contributed by atoms with Crippen LogP contribution in [0.15, 0.2) is 0 Å². The number of nitrogens with zero attached hydrogens (tertiary/aromatic N) is 2. The Morgan fingerprint density at radius 2 is 2.15 bits per heavy atom. The van der Waals surface area contributed by atoms with Crippen LogP contribution < -0.4 is 5.73 Å². The van der Waals surface area contributed by atoms with Gasteiger partial charge in [0.1, 0.15) is 0 Å². The van der Waals surface area contributed by atoms with Gasteiger partial charge < -0.3 is 20.3 Å². The predicted octanol–water partition coefficient (Wildman–Crippen LogP) is 0.685. The first-order valence-corrected chi connectivity index (χ1v) is 8.01. The van der Waals surface area contributed by atoms with E-state index in [0.29, 0.717) is 12.3 Å². The van der Waals surface area contributed by atoms with Crippen molar-refractivity contribution in [1.29, 1.82) is 0 Å². The third-order valence-electron chi connectivity index (χ3n) is 4.34. The predicted molar refractivity (Wildman–Crippen MR) is 79.4 cm³/mol. The van der Waals surface area contributed by atoms with Crippen LogP contribution in [0, 0.1) is 5.92 Å². The molecule has 116 valence electrons. The first-order chi connectivity index (χ1) is 9.69. The summed E-state index contributed by atoms with van der Waals surface area (Å²) < 4.78 is 5.56. The maximum Gasteiger partial charge on any atom is 0.225 e. The van der Waals surface area contributed by atoms with Crippen LogP contribution in [-0.2, 0) is 9.53 Å². The van der Waals surface area contributed by atoms with Crippen molar-refractivity contribution >= 4 is 5.91 Å². The second kappa shape index (κ2) is 7.96. The summed E-state index contributed by atoms with van der Waals surface area (Å²) in [6, 6.07) is 0. The molecule has 2 aliphatic rings. The van der Waals surface area contributed by atoms with E-state index < -0.39 is 0 Å². The van der Waals surface area contributed by atoms with Gasteiger partial charge in [-0.3, -0.25) is 4.79 Å². The van der Waals surface area contributed by atoms with E-state index in [1.54, 1.807) is 0 Å². The Balaban J connectivity index is 1.75. The van der Waals surface area contributed by atoms with Crippen molar-refractivity contribution in [2.24, 2.45) is 11.7 Å². The van der Waals surface area contributed by atoms with Crippen molar-refractivity contribution in [2.75, 3.05) is 45.9 Å². The summed E-state index contributed by atoms with van der Waals surface area (Å²) in [6.45, 7) is 8.58. The molecule has 2 atom stereocenters. The molecule has 1 amide bonds. The Labute approximate surface area is 122 Å². The Bertz CT molecular complexity index is 305. The van der Waals surface area contributed by atoms with Crippen LogP contribution >= 0.6 is 0 Å². The highest BCUT2D eigenvalue weighted by atomic mass is 16.5. The van der Waals surface area contributed by atoms with E-state index in [1.807, 2.05) is 4.90 Å². The molecule has 0 aromatic rings. The third-order valence-corrected chi connectivity index (χ3v) is 4.34. The minimum Gasteiger partial charge on any atom is -0.378 e. The zero-order valence-electron chi connectivity index (χ0n) is 12.7. The Kier molecular flexibility index (Phi) is 6.26. The molecule has 0 aromatic carbocycles. The van der Waals surface area contributed by atoms with E-state index in [2.05, 4.69) is 11.8 Å². The van der Waals surface area contributed by atoms with E-state index >= 15 is 0 Å². The third kappa shape index (κ3) is 4.72. The molecule has 0 bridgehead atoms. The SMILES string of the molecule is CC(CN)CN1CCCN(C(=O)CC2CCCO2)CC1. The van der Waals surface area contributed by atoms with Crippen molar-refractivity contribution in [2.45, 2.75) is 38.7 Å². The monoisotopic (exact) mass is 283 g/mol. The second-order valence-electron chi connectivity index (χ2n) is 6.21. The largest absolute Gasteiger partial charge is 0.378 e. The van der Waals surface area contributed by atoms with Crippen molar-refractivity contribution in [1.82, 2.24) is 9.80 Å². The summed E-state index contributed by atoms with van der Waals surface area (Å²) in [5.74, 6) is 0.801.